The summed E-state index contributed by atoms with van der Waals surface area (Å²) in [6, 6.07) is 4.01. The lowest BCUT2D eigenvalue weighted by molar-refractivity contribution is -0.691. The number of hydrogen-bond acceptors (Lipinski definition) is 2. The van der Waals surface area contributed by atoms with E-state index in [2.05, 4.69) is 0 Å². The molecule has 2 aromatic heterocycles. The van der Waals surface area contributed by atoms with Gasteiger partial charge in [-0.2, -0.15) is 4.57 Å². The molecule has 0 radical (unpaired) electrons. The van der Waals surface area contributed by atoms with Gasteiger partial charge in [-0.1, -0.05) is 0 Å². The van der Waals surface area contributed by atoms with Gasteiger partial charge in [0.25, 0.3) is 0 Å². The average Bonchev–Trinajstić information content (AvgIpc) is 2.71. The summed E-state index contributed by atoms with van der Waals surface area (Å²) in [5.41, 5.74) is 2.16. The maximum Gasteiger partial charge on any atom is 0.372 e. The Kier molecular flexibility index (Phi) is 4.69. The first-order chi connectivity index (χ1) is 7.72. The zero-order chi connectivity index (χ0) is 11.5. The molecule has 0 spiro atoms. The summed E-state index contributed by atoms with van der Waals surface area (Å²) in [5.74, 6) is -0.202. The van der Waals surface area contributed by atoms with Crippen molar-refractivity contribution in [2.24, 2.45) is 0 Å². The number of esters is 1. The fourth-order valence-electron chi connectivity index (χ4n) is 1.76. The Hall–Kier alpha value is -1.36. The van der Waals surface area contributed by atoms with Crippen LogP contribution in [0.2, 0.25) is 0 Å². The Bertz CT molecular complexity index is 522. The fourth-order valence-corrected chi connectivity index (χ4v) is 1.76. The summed E-state index contributed by atoms with van der Waals surface area (Å²) in [6.45, 7) is 4.49. The molecule has 17 heavy (non-hydrogen) atoms. The molecular formula is C12H15BrN2O2. The SMILES string of the molecule is CCOC(=O)C[n+]1ccn2cccc2c1C.[Br-]. The molecule has 92 valence electrons. The quantitative estimate of drug-likeness (QED) is 0.490. The highest BCUT2D eigenvalue weighted by molar-refractivity contribution is 5.67. The number of nitrogens with zero attached hydrogens (tertiary/aromatic N) is 2. The predicted octanol–water partition coefficient (Wildman–Crippen LogP) is -1.90. The smallest absolute Gasteiger partial charge is 0.372 e. The molecule has 0 N–H and O–H groups in total. The number of rotatable bonds is 3. The molecule has 0 saturated carbocycles. The third-order valence-electron chi connectivity index (χ3n) is 2.59. The van der Waals surface area contributed by atoms with Crippen molar-refractivity contribution in [2.45, 2.75) is 20.4 Å². The lowest BCUT2D eigenvalue weighted by Gasteiger charge is -2.02. The van der Waals surface area contributed by atoms with Gasteiger partial charge < -0.3 is 26.1 Å². The standard InChI is InChI=1S/C12H15N2O2.BrH/c1-3-16-12(15)9-14-8-7-13-6-4-5-11(13)10(14)2;/h4-8H,3,9H2,1-2H3;1H/q+1;/p-1. The molecule has 0 bridgehead atoms. The maximum atomic E-state index is 11.4. The second-order valence-corrected chi connectivity index (χ2v) is 3.62. The molecule has 2 heterocycles. The van der Waals surface area contributed by atoms with Gasteiger partial charge in [-0.05, 0) is 19.1 Å². The average molecular weight is 299 g/mol. The third kappa shape index (κ3) is 2.85. The van der Waals surface area contributed by atoms with Crippen LogP contribution in [0.25, 0.3) is 5.52 Å². The van der Waals surface area contributed by atoms with Gasteiger partial charge in [-0.25, -0.2) is 4.79 Å². The second kappa shape index (κ2) is 5.82. The van der Waals surface area contributed by atoms with E-state index < -0.39 is 0 Å². The zero-order valence-corrected chi connectivity index (χ0v) is 11.5. The summed E-state index contributed by atoms with van der Waals surface area (Å²) in [4.78, 5) is 11.4. The van der Waals surface area contributed by atoms with Crippen LogP contribution in [-0.4, -0.2) is 17.0 Å². The molecule has 0 aliphatic rings. The molecule has 2 rings (SSSR count). The van der Waals surface area contributed by atoms with Crippen LogP contribution in [0.3, 0.4) is 0 Å². The Labute approximate surface area is 111 Å². The molecule has 0 unspecified atom stereocenters. The van der Waals surface area contributed by atoms with Crippen molar-refractivity contribution in [2.75, 3.05) is 6.61 Å². The molecule has 0 aromatic carbocycles. The third-order valence-corrected chi connectivity index (χ3v) is 2.59. The second-order valence-electron chi connectivity index (χ2n) is 3.62. The van der Waals surface area contributed by atoms with E-state index in [1.54, 1.807) is 0 Å². The summed E-state index contributed by atoms with van der Waals surface area (Å²) < 4.78 is 8.85. The summed E-state index contributed by atoms with van der Waals surface area (Å²) in [7, 11) is 0. The highest BCUT2D eigenvalue weighted by Gasteiger charge is 2.15. The Balaban J connectivity index is 0.00000144. The molecule has 0 amide bonds. The lowest BCUT2D eigenvalue weighted by Crippen LogP contribution is -3.00. The largest absolute Gasteiger partial charge is 1.00 e. The van der Waals surface area contributed by atoms with Gasteiger partial charge in [0.15, 0.2) is 6.20 Å². The van der Waals surface area contributed by atoms with Crippen molar-refractivity contribution < 1.29 is 31.1 Å². The maximum absolute atomic E-state index is 11.4. The number of aryl methyl sites for hydroxylation is 1. The summed E-state index contributed by atoms with van der Waals surface area (Å²) >= 11 is 0. The highest BCUT2D eigenvalue weighted by atomic mass is 79.9. The van der Waals surface area contributed by atoms with Gasteiger partial charge in [-0.3, -0.25) is 0 Å². The Morgan fingerprint density at radius 3 is 2.94 bits per heavy atom. The van der Waals surface area contributed by atoms with Crippen LogP contribution in [0.1, 0.15) is 12.6 Å². The van der Waals surface area contributed by atoms with Crippen LogP contribution >= 0.6 is 0 Å². The van der Waals surface area contributed by atoms with Crippen LogP contribution in [0.15, 0.2) is 30.7 Å². The normalized spacial score (nSPS) is 10.0. The molecule has 0 atom stereocenters. The Morgan fingerprint density at radius 2 is 2.24 bits per heavy atom. The summed E-state index contributed by atoms with van der Waals surface area (Å²) in [6.07, 6.45) is 5.80. The minimum atomic E-state index is -0.202. The van der Waals surface area contributed by atoms with Gasteiger partial charge in [-0.15, -0.1) is 0 Å². The first-order valence-electron chi connectivity index (χ1n) is 5.33. The first-order valence-corrected chi connectivity index (χ1v) is 5.33. The Morgan fingerprint density at radius 1 is 1.47 bits per heavy atom. The van der Waals surface area contributed by atoms with Crippen LogP contribution in [0.4, 0.5) is 0 Å². The van der Waals surface area contributed by atoms with Gasteiger partial charge in [0, 0.05) is 13.1 Å². The number of fused-ring (bicyclic) bond motifs is 1. The zero-order valence-electron chi connectivity index (χ0n) is 9.89. The number of ether oxygens (including phenoxy) is 1. The number of halogens is 1. The minimum absolute atomic E-state index is 0. The van der Waals surface area contributed by atoms with Crippen LogP contribution < -0.4 is 21.5 Å². The van der Waals surface area contributed by atoms with Crippen molar-refractivity contribution in [3.8, 4) is 0 Å². The van der Waals surface area contributed by atoms with E-state index in [4.69, 9.17) is 4.74 Å². The van der Waals surface area contributed by atoms with Crippen LogP contribution in [0, 0.1) is 6.92 Å². The molecular weight excluding hydrogens is 284 g/mol. The lowest BCUT2D eigenvalue weighted by atomic mass is 10.3. The minimum Gasteiger partial charge on any atom is -1.00 e. The van der Waals surface area contributed by atoms with E-state index in [1.165, 1.54) is 0 Å². The molecule has 0 fully saturated rings. The van der Waals surface area contributed by atoms with Gasteiger partial charge in [0.1, 0.15) is 5.52 Å². The van der Waals surface area contributed by atoms with Crippen molar-refractivity contribution in [1.82, 2.24) is 4.40 Å². The van der Waals surface area contributed by atoms with Gasteiger partial charge >= 0.3 is 5.97 Å². The van der Waals surface area contributed by atoms with Gasteiger partial charge in [0.2, 0.25) is 12.2 Å². The van der Waals surface area contributed by atoms with E-state index in [1.807, 2.05) is 53.5 Å². The van der Waals surface area contributed by atoms with Crippen molar-refractivity contribution in [1.29, 1.82) is 0 Å². The number of hydrogen-bond donors (Lipinski definition) is 0. The first kappa shape index (κ1) is 13.7. The summed E-state index contributed by atoms with van der Waals surface area (Å²) in [5, 5.41) is 0. The fraction of sp³-hybridized carbons (Fsp3) is 0.333. The van der Waals surface area contributed by atoms with Crippen molar-refractivity contribution in [3.05, 3.63) is 36.4 Å². The van der Waals surface area contributed by atoms with Crippen LogP contribution in [0.5, 0.6) is 0 Å². The monoisotopic (exact) mass is 298 g/mol. The number of carbonyl (C=O) groups excluding carboxylic acids is 1. The van der Waals surface area contributed by atoms with E-state index >= 15 is 0 Å². The molecule has 5 heteroatoms. The van der Waals surface area contributed by atoms with Crippen LogP contribution in [-0.2, 0) is 16.1 Å². The van der Waals surface area contributed by atoms with E-state index in [-0.39, 0.29) is 29.5 Å². The molecule has 4 nitrogen and oxygen atoms in total. The van der Waals surface area contributed by atoms with Crippen molar-refractivity contribution in [3.63, 3.8) is 0 Å². The predicted molar refractivity (Wildman–Crippen MR) is 59.0 cm³/mol. The molecule has 0 aliphatic heterocycles. The van der Waals surface area contributed by atoms with E-state index in [9.17, 15) is 4.79 Å². The van der Waals surface area contributed by atoms with E-state index in [0.29, 0.717) is 6.61 Å². The number of aromatic nitrogens is 2. The molecule has 0 saturated heterocycles. The van der Waals surface area contributed by atoms with Crippen molar-refractivity contribution >= 4 is 11.5 Å². The number of carbonyl (C=O) groups is 1. The highest BCUT2D eigenvalue weighted by Crippen LogP contribution is 2.05. The molecule has 2 aromatic rings. The van der Waals surface area contributed by atoms with Gasteiger partial charge in [0.05, 0.1) is 12.8 Å². The molecule has 0 aliphatic carbocycles. The van der Waals surface area contributed by atoms with E-state index in [0.717, 1.165) is 11.2 Å². The topological polar surface area (TPSA) is 34.6 Å².